The van der Waals surface area contributed by atoms with Crippen LogP contribution in [0.3, 0.4) is 0 Å². The van der Waals surface area contributed by atoms with E-state index in [1.54, 1.807) is 40.1 Å². The zero-order valence-corrected chi connectivity index (χ0v) is 23.3. The van der Waals surface area contributed by atoms with Crippen molar-refractivity contribution >= 4 is 30.5 Å². The van der Waals surface area contributed by atoms with E-state index in [1.165, 1.54) is 0 Å². The first-order valence-electron chi connectivity index (χ1n) is 12.7. The van der Waals surface area contributed by atoms with Crippen molar-refractivity contribution in [3.05, 3.63) is 12.4 Å². The van der Waals surface area contributed by atoms with Crippen molar-refractivity contribution in [2.45, 2.75) is 91.1 Å². The first kappa shape index (κ1) is 28.2. The predicted molar refractivity (Wildman–Crippen MR) is 139 cm³/mol. The van der Waals surface area contributed by atoms with Gasteiger partial charge in [0.2, 0.25) is 11.9 Å². The smallest absolute Gasteiger partial charge is 0.444 e. The number of amides is 2. The van der Waals surface area contributed by atoms with Gasteiger partial charge in [-0.15, -0.1) is 0 Å². The maximum absolute atomic E-state index is 12.8. The van der Waals surface area contributed by atoms with Crippen molar-refractivity contribution in [3.8, 4) is 0 Å². The van der Waals surface area contributed by atoms with Gasteiger partial charge in [0.25, 0.3) is 0 Å². The zero-order valence-electron chi connectivity index (χ0n) is 23.3. The molecule has 200 valence electrons. The topological polar surface area (TPSA) is 106 Å². The fourth-order valence-corrected chi connectivity index (χ4v) is 4.25. The molecule has 2 aliphatic heterocycles. The van der Waals surface area contributed by atoms with Gasteiger partial charge in [-0.3, -0.25) is 4.79 Å². The Morgan fingerprint density at radius 2 is 1.69 bits per heavy atom. The third kappa shape index (κ3) is 6.88. The number of nitrogens with zero attached hydrogens (tertiary/aromatic N) is 4. The standard InChI is InChI=1S/C25H42BN5O5/c1-17(29-22(33)34-23(2,3)4)20(32)31-12-10-18(11-13-31)16-30(9)21-27-14-19(15-28-21)26-35-24(5,6)25(7,8)36-26/h14-15,17-18H,10-13,16H2,1-9H3,(H,29,33). The third-order valence-electron chi connectivity index (χ3n) is 7.09. The van der Waals surface area contributed by atoms with E-state index < -0.39 is 36.1 Å². The number of carbonyl (C=O) groups excluding carboxylic acids is 2. The zero-order chi connectivity index (χ0) is 26.9. The van der Waals surface area contributed by atoms with Crippen molar-refractivity contribution in [3.63, 3.8) is 0 Å². The summed E-state index contributed by atoms with van der Waals surface area (Å²) in [6.07, 6.45) is 4.70. The minimum Gasteiger partial charge on any atom is -0.444 e. The summed E-state index contributed by atoms with van der Waals surface area (Å²) in [6, 6.07) is -0.630. The molecule has 2 aliphatic rings. The molecular weight excluding hydrogens is 461 g/mol. The molecule has 11 heteroatoms. The van der Waals surface area contributed by atoms with Gasteiger partial charge in [0, 0.05) is 44.5 Å². The average Bonchev–Trinajstić information content (AvgIpc) is 2.99. The maximum Gasteiger partial charge on any atom is 0.498 e. The highest BCUT2D eigenvalue weighted by atomic mass is 16.7. The Balaban J connectivity index is 1.46. The Morgan fingerprint density at radius 3 is 2.19 bits per heavy atom. The number of hydrogen-bond acceptors (Lipinski definition) is 8. The average molecular weight is 503 g/mol. The molecule has 10 nitrogen and oxygen atoms in total. The highest BCUT2D eigenvalue weighted by molar-refractivity contribution is 6.61. The Bertz CT molecular complexity index is 910. The van der Waals surface area contributed by atoms with Crippen LogP contribution in [0.2, 0.25) is 0 Å². The molecule has 3 rings (SSSR count). The summed E-state index contributed by atoms with van der Waals surface area (Å²) in [5, 5.41) is 2.64. The molecule has 2 saturated heterocycles. The Morgan fingerprint density at radius 1 is 1.17 bits per heavy atom. The SMILES string of the molecule is CC(NC(=O)OC(C)(C)C)C(=O)N1CCC(CN(C)c2ncc(B3OC(C)(C)C(C)(C)O3)cn2)CC1. The molecule has 0 saturated carbocycles. The van der Waals surface area contributed by atoms with Gasteiger partial charge in [0.05, 0.1) is 11.2 Å². The molecule has 2 amide bonds. The molecule has 0 spiro atoms. The van der Waals surface area contributed by atoms with Crippen LogP contribution in [0.1, 0.15) is 68.2 Å². The molecule has 1 N–H and O–H groups in total. The van der Waals surface area contributed by atoms with E-state index in [9.17, 15) is 9.59 Å². The van der Waals surface area contributed by atoms with Crippen LogP contribution in [0.15, 0.2) is 12.4 Å². The van der Waals surface area contributed by atoms with Gasteiger partial charge < -0.3 is 29.2 Å². The van der Waals surface area contributed by atoms with Gasteiger partial charge in [-0.2, -0.15) is 0 Å². The van der Waals surface area contributed by atoms with Crippen molar-refractivity contribution < 1.29 is 23.6 Å². The molecular formula is C25H42BN5O5. The van der Waals surface area contributed by atoms with Crippen LogP contribution in [0.25, 0.3) is 0 Å². The number of hydrogen-bond donors (Lipinski definition) is 1. The van der Waals surface area contributed by atoms with Gasteiger partial charge in [0.1, 0.15) is 11.6 Å². The number of anilines is 1. The lowest BCUT2D eigenvalue weighted by molar-refractivity contribution is -0.134. The number of ether oxygens (including phenoxy) is 1. The fraction of sp³-hybridized carbons (Fsp3) is 0.760. The predicted octanol–water partition coefficient (Wildman–Crippen LogP) is 2.36. The van der Waals surface area contributed by atoms with Crippen molar-refractivity contribution in [1.82, 2.24) is 20.2 Å². The molecule has 0 aromatic carbocycles. The second-order valence-corrected chi connectivity index (χ2v) is 11.9. The maximum atomic E-state index is 12.8. The van der Waals surface area contributed by atoms with Crippen LogP contribution in [0.5, 0.6) is 0 Å². The third-order valence-corrected chi connectivity index (χ3v) is 7.09. The normalized spacial score (nSPS) is 20.7. The molecule has 3 heterocycles. The number of carbonyl (C=O) groups is 2. The van der Waals surface area contributed by atoms with E-state index in [4.69, 9.17) is 14.0 Å². The first-order chi connectivity index (χ1) is 16.6. The highest BCUT2D eigenvalue weighted by Crippen LogP contribution is 2.36. The van der Waals surface area contributed by atoms with Crippen molar-refractivity contribution in [1.29, 1.82) is 0 Å². The Kier molecular flexibility index (Phi) is 8.25. The van der Waals surface area contributed by atoms with E-state index in [2.05, 4.69) is 15.3 Å². The lowest BCUT2D eigenvalue weighted by atomic mass is 9.81. The quantitative estimate of drug-likeness (QED) is 0.590. The van der Waals surface area contributed by atoms with Gasteiger partial charge in [0.15, 0.2) is 0 Å². The molecule has 1 aromatic heterocycles. The van der Waals surface area contributed by atoms with Gasteiger partial charge in [-0.05, 0) is 74.1 Å². The largest absolute Gasteiger partial charge is 0.498 e. The van der Waals surface area contributed by atoms with Crippen molar-refractivity contribution in [2.24, 2.45) is 5.92 Å². The van der Waals surface area contributed by atoms with Gasteiger partial charge in [-0.1, -0.05) is 0 Å². The number of piperidine rings is 1. The number of aromatic nitrogens is 2. The van der Waals surface area contributed by atoms with Crippen LogP contribution >= 0.6 is 0 Å². The lowest BCUT2D eigenvalue weighted by Crippen LogP contribution is -2.50. The van der Waals surface area contributed by atoms with E-state index in [0.717, 1.165) is 24.8 Å². The fourth-order valence-electron chi connectivity index (χ4n) is 4.25. The summed E-state index contributed by atoms with van der Waals surface area (Å²) in [5.74, 6) is 0.970. The summed E-state index contributed by atoms with van der Waals surface area (Å²) >= 11 is 0. The van der Waals surface area contributed by atoms with Crippen LogP contribution in [0.4, 0.5) is 10.7 Å². The molecule has 36 heavy (non-hydrogen) atoms. The second kappa shape index (κ2) is 10.5. The van der Waals surface area contributed by atoms with Gasteiger partial charge >= 0.3 is 13.2 Å². The van der Waals surface area contributed by atoms with Crippen molar-refractivity contribution in [2.75, 3.05) is 31.6 Å². The van der Waals surface area contributed by atoms with Crippen LogP contribution in [0, 0.1) is 5.92 Å². The molecule has 1 aromatic rings. The van der Waals surface area contributed by atoms with E-state index in [-0.39, 0.29) is 5.91 Å². The molecule has 0 bridgehead atoms. The molecule has 1 unspecified atom stereocenters. The number of alkyl carbamates (subject to hydrolysis) is 1. The van der Waals surface area contributed by atoms with E-state index >= 15 is 0 Å². The number of rotatable bonds is 6. The lowest BCUT2D eigenvalue weighted by Gasteiger charge is -2.35. The van der Waals surface area contributed by atoms with Crippen LogP contribution in [-0.4, -0.2) is 83.5 Å². The van der Waals surface area contributed by atoms with E-state index in [1.807, 2.05) is 44.5 Å². The second-order valence-electron chi connectivity index (χ2n) is 11.9. The van der Waals surface area contributed by atoms with Gasteiger partial charge in [-0.25, -0.2) is 14.8 Å². The number of nitrogens with one attached hydrogen (secondary N) is 1. The van der Waals surface area contributed by atoms with Crippen LogP contribution in [-0.2, 0) is 18.8 Å². The summed E-state index contributed by atoms with van der Waals surface area (Å²) in [7, 11) is 1.50. The van der Waals surface area contributed by atoms with E-state index in [0.29, 0.717) is 25.0 Å². The molecule has 2 fully saturated rings. The summed E-state index contributed by atoms with van der Waals surface area (Å²) in [4.78, 5) is 37.7. The summed E-state index contributed by atoms with van der Waals surface area (Å²) < 4.78 is 17.4. The minimum atomic E-state index is -0.630. The Labute approximate surface area is 215 Å². The van der Waals surface area contributed by atoms with Crippen LogP contribution < -0.4 is 15.7 Å². The molecule has 0 aliphatic carbocycles. The molecule has 1 atom stereocenters. The first-order valence-corrected chi connectivity index (χ1v) is 12.7. The monoisotopic (exact) mass is 503 g/mol. The number of likely N-dealkylation sites (tertiary alicyclic amines) is 1. The summed E-state index contributed by atoms with van der Waals surface area (Å²) in [6.45, 7) is 17.2. The highest BCUT2D eigenvalue weighted by Gasteiger charge is 2.52. The molecule has 0 radical (unpaired) electrons. The Hall–Kier alpha value is -2.40. The summed E-state index contributed by atoms with van der Waals surface area (Å²) in [5.41, 5.74) is -0.626. The minimum absolute atomic E-state index is 0.0886.